The van der Waals surface area contributed by atoms with Gasteiger partial charge in [-0.15, -0.1) is 0 Å². The fraction of sp³-hybridized carbons (Fsp3) is 0.208. The number of benzene rings is 3. The molecule has 0 spiro atoms. The van der Waals surface area contributed by atoms with Gasteiger partial charge in [-0.3, -0.25) is 9.10 Å². The zero-order valence-electron chi connectivity index (χ0n) is 17.6. The molecule has 0 saturated heterocycles. The monoisotopic (exact) mass is 438 g/mol. The van der Waals surface area contributed by atoms with E-state index in [9.17, 15) is 13.2 Å². The van der Waals surface area contributed by atoms with E-state index in [2.05, 4.69) is 5.32 Å². The summed E-state index contributed by atoms with van der Waals surface area (Å²) in [6, 6.07) is 24.6. The third kappa shape index (κ3) is 5.44. The second-order valence-electron chi connectivity index (χ2n) is 7.11. The number of para-hydroxylation sites is 2. The summed E-state index contributed by atoms with van der Waals surface area (Å²) in [6.07, 6.45) is 0. The predicted molar refractivity (Wildman–Crippen MR) is 122 cm³/mol. The largest absolute Gasteiger partial charge is 0.495 e. The molecule has 0 saturated carbocycles. The average Bonchev–Trinajstić information content (AvgIpc) is 2.82. The summed E-state index contributed by atoms with van der Waals surface area (Å²) >= 11 is 0. The molecular formula is C24H26N2O4S. The minimum absolute atomic E-state index is 0.0931. The number of nitrogens with one attached hydrogen (secondary N) is 1. The number of anilines is 1. The molecule has 6 nitrogen and oxygen atoms in total. The number of amides is 1. The number of nitrogens with zero attached hydrogens (tertiary/aromatic N) is 1. The first-order chi connectivity index (χ1) is 14.9. The molecule has 162 valence electrons. The van der Waals surface area contributed by atoms with Gasteiger partial charge in [-0.25, -0.2) is 8.42 Å². The molecule has 0 fully saturated rings. The molecule has 0 radical (unpaired) electrons. The number of rotatable bonds is 9. The van der Waals surface area contributed by atoms with E-state index in [4.69, 9.17) is 4.74 Å². The lowest BCUT2D eigenvalue weighted by Gasteiger charge is -2.26. The van der Waals surface area contributed by atoms with Crippen molar-refractivity contribution in [3.05, 3.63) is 90.5 Å². The Morgan fingerprint density at radius 2 is 1.52 bits per heavy atom. The molecule has 3 aromatic rings. The molecule has 1 unspecified atom stereocenters. The Bertz CT molecular complexity index is 1100. The van der Waals surface area contributed by atoms with Gasteiger partial charge in [0.15, 0.2) is 0 Å². The second kappa shape index (κ2) is 10.1. The number of carbonyl (C=O) groups is 1. The summed E-state index contributed by atoms with van der Waals surface area (Å²) in [6.45, 7) is 2.04. The van der Waals surface area contributed by atoms with Crippen molar-refractivity contribution in [2.45, 2.75) is 17.7 Å². The topological polar surface area (TPSA) is 75.7 Å². The van der Waals surface area contributed by atoms with E-state index in [-0.39, 0.29) is 17.4 Å². The summed E-state index contributed by atoms with van der Waals surface area (Å²) in [4.78, 5) is 12.9. The van der Waals surface area contributed by atoms with Crippen LogP contribution in [0.3, 0.4) is 0 Å². The molecule has 0 aliphatic rings. The molecule has 0 bridgehead atoms. The number of hydrogen-bond donors (Lipinski definition) is 1. The van der Waals surface area contributed by atoms with E-state index in [1.807, 2.05) is 37.3 Å². The molecule has 0 aliphatic heterocycles. The highest BCUT2D eigenvalue weighted by Crippen LogP contribution is 2.32. The van der Waals surface area contributed by atoms with Gasteiger partial charge in [-0.05, 0) is 35.7 Å². The zero-order valence-corrected chi connectivity index (χ0v) is 18.4. The molecule has 1 amide bonds. The maximum Gasteiger partial charge on any atom is 0.264 e. The van der Waals surface area contributed by atoms with Gasteiger partial charge in [0.1, 0.15) is 12.3 Å². The Morgan fingerprint density at radius 3 is 2.16 bits per heavy atom. The van der Waals surface area contributed by atoms with Crippen LogP contribution in [0.2, 0.25) is 0 Å². The fourth-order valence-corrected chi connectivity index (χ4v) is 4.66. The van der Waals surface area contributed by atoms with Crippen LogP contribution in [0.1, 0.15) is 18.4 Å². The normalized spacial score (nSPS) is 12.1. The van der Waals surface area contributed by atoms with Gasteiger partial charge < -0.3 is 10.1 Å². The summed E-state index contributed by atoms with van der Waals surface area (Å²) in [5.74, 6) is 0.0660. The standard InChI is InChI=1S/C24H26N2O4S/c1-19(20-11-5-3-6-12-20)17-25-24(27)18-26(22-15-9-10-16-23(22)30-2)31(28,29)21-13-7-4-8-14-21/h3-16,19H,17-18H2,1-2H3,(H,25,27). The lowest BCUT2D eigenvalue weighted by atomic mass is 10.0. The van der Waals surface area contributed by atoms with E-state index in [0.717, 1.165) is 9.87 Å². The van der Waals surface area contributed by atoms with Crippen LogP contribution < -0.4 is 14.4 Å². The third-order valence-electron chi connectivity index (χ3n) is 4.95. The molecular weight excluding hydrogens is 412 g/mol. The highest BCUT2D eigenvalue weighted by atomic mass is 32.2. The lowest BCUT2D eigenvalue weighted by Crippen LogP contribution is -2.42. The fourth-order valence-electron chi connectivity index (χ4n) is 3.21. The molecule has 1 N–H and O–H groups in total. The van der Waals surface area contributed by atoms with Crippen molar-refractivity contribution in [2.75, 3.05) is 24.5 Å². The highest BCUT2D eigenvalue weighted by molar-refractivity contribution is 7.92. The highest BCUT2D eigenvalue weighted by Gasteiger charge is 2.29. The minimum Gasteiger partial charge on any atom is -0.495 e. The van der Waals surface area contributed by atoms with E-state index >= 15 is 0 Å². The van der Waals surface area contributed by atoms with Crippen LogP contribution in [-0.4, -0.2) is 34.5 Å². The van der Waals surface area contributed by atoms with Crippen LogP contribution in [0.4, 0.5) is 5.69 Å². The smallest absolute Gasteiger partial charge is 0.264 e. The molecule has 3 aromatic carbocycles. The van der Waals surface area contributed by atoms with Crippen molar-refractivity contribution in [3.8, 4) is 5.75 Å². The first-order valence-corrected chi connectivity index (χ1v) is 11.4. The molecule has 3 rings (SSSR count). The Morgan fingerprint density at radius 1 is 0.935 bits per heavy atom. The second-order valence-corrected chi connectivity index (χ2v) is 8.97. The Kier molecular flexibility index (Phi) is 7.31. The van der Waals surface area contributed by atoms with E-state index < -0.39 is 15.9 Å². The maximum absolute atomic E-state index is 13.4. The van der Waals surface area contributed by atoms with Crippen LogP contribution in [0.15, 0.2) is 89.8 Å². The molecule has 31 heavy (non-hydrogen) atoms. The zero-order chi connectivity index (χ0) is 22.3. The number of ether oxygens (including phenoxy) is 1. The van der Waals surface area contributed by atoms with Crippen LogP contribution in [0.5, 0.6) is 5.75 Å². The van der Waals surface area contributed by atoms with E-state index in [0.29, 0.717) is 18.0 Å². The van der Waals surface area contributed by atoms with Gasteiger partial charge >= 0.3 is 0 Å². The van der Waals surface area contributed by atoms with Gasteiger partial charge in [0, 0.05) is 6.54 Å². The summed E-state index contributed by atoms with van der Waals surface area (Å²) in [7, 11) is -2.51. The van der Waals surface area contributed by atoms with Gasteiger partial charge in [-0.2, -0.15) is 0 Å². The summed E-state index contributed by atoms with van der Waals surface area (Å²) in [5, 5.41) is 2.86. The van der Waals surface area contributed by atoms with E-state index in [1.54, 1.807) is 42.5 Å². The van der Waals surface area contributed by atoms with Gasteiger partial charge in [0.2, 0.25) is 5.91 Å². The number of methoxy groups -OCH3 is 1. The first-order valence-electron chi connectivity index (χ1n) is 9.96. The van der Waals surface area contributed by atoms with Crippen molar-refractivity contribution in [1.29, 1.82) is 0 Å². The number of carbonyl (C=O) groups excluding carboxylic acids is 1. The Hall–Kier alpha value is -3.32. The van der Waals surface area contributed by atoms with Gasteiger partial charge in [0.25, 0.3) is 10.0 Å². The van der Waals surface area contributed by atoms with Crippen LogP contribution in [0, 0.1) is 0 Å². The number of sulfonamides is 1. The SMILES string of the molecule is COc1ccccc1N(CC(=O)NCC(C)c1ccccc1)S(=O)(=O)c1ccccc1. The summed E-state index contributed by atoms with van der Waals surface area (Å²) in [5.41, 5.74) is 1.40. The predicted octanol–water partition coefficient (Wildman–Crippen LogP) is 3.81. The molecule has 0 heterocycles. The van der Waals surface area contributed by atoms with Crippen LogP contribution in [-0.2, 0) is 14.8 Å². The molecule has 7 heteroatoms. The van der Waals surface area contributed by atoms with Gasteiger partial charge in [0.05, 0.1) is 17.7 Å². The third-order valence-corrected chi connectivity index (χ3v) is 6.72. The van der Waals surface area contributed by atoms with Crippen molar-refractivity contribution < 1.29 is 17.9 Å². The van der Waals surface area contributed by atoms with Gasteiger partial charge in [-0.1, -0.05) is 67.6 Å². The minimum atomic E-state index is -3.98. The molecule has 0 aliphatic carbocycles. The summed E-state index contributed by atoms with van der Waals surface area (Å²) < 4.78 is 33.2. The molecule has 0 aromatic heterocycles. The molecule has 1 atom stereocenters. The van der Waals surface area contributed by atoms with Crippen LogP contribution in [0.25, 0.3) is 0 Å². The van der Waals surface area contributed by atoms with Crippen molar-refractivity contribution >= 4 is 21.6 Å². The van der Waals surface area contributed by atoms with Crippen LogP contribution >= 0.6 is 0 Å². The van der Waals surface area contributed by atoms with Crippen molar-refractivity contribution in [3.63, 3.8) is 0 Å². The maximum atomic E-state index is 13.4. The Labute approximate surface area is 183 Å². The van der Waals surface area contributed by atoms with Crippen molar-refractivity contribution in [1.82, 2.24) is 5.32 Å². The lowest BCUT2D eigenvalue weighted by molar-refractivity contribution is -0.119. The Balaban J connectivity index is 1.84. The van der Waals surface area contributed by atoms with Crippen molar-refractivity contribution in [2.24, 2.45) is 0 Å². The first kappa shape index (κ1) is 22.4. The quantitative estimate of drug-likeness (QED) is 0.551. The average molecular weight is 439 g/mol. The number of hydrogen-bond acceptors (Lipinski definition) is 4. The van der Waals surface area contributed by atoms with E-state index in [1.165, 1.54) is 19.2 Å².